The Kier molecular flexibility index (Phi) is 5.46. The lowest BCUT2D eigenvalue weighted by Gasteiger charge is -2.20. The molecule has 0 heterocycles. The zero-order valence-corrected chi connectivity index (χ0v) is 10.0. The Hall–Kier alpha value is -0.900. The molecule has 0 radical (unpaired) electrons. The van der Waals surface area contributed by atoms with E-state index in [2.05, 4.69) is 12.1 Å². The molecule has 0 spiro atoms. The van der Waals surface area contributed by atoms with Gasteiger partial charge in [0.25, 0.3) is 0 Å². The number of benzene rings is 1. The largest absolute Gasteiger partial charge is 0.396 e. The molecular weight excluding hydrogens is 202 g/mol. The second-order valence-corrected chi connectivity index (χ2v) is 4.15. The molecule has 1 rings (SSSR count). The molecule has 0 saturated carbocycles. The summed E-state index contributed by atoms with van der Waals surface area (Å²) in [5, 5.41) is 9.01. The predicted octanol–water partition coefficient (Wildman–Crippen LogP) is 1.65. The minimum absolute atomic E-state index is 0.0559. The number of hydrogen-bond acceptors (Lipinski definition) is 3. The lowest BCUT2D eigenvalue weighted by atomic mass is 9.90. The second-order valence-electron chi connectivity index (χ2n) is 4.15. The molecule has 0 amide bonds. The van der Waals surface area contributed by atoms with Crippen LogP contribution >= 0.6 is 0 Å². The van der Waals surface area contributed by atoms with E-state index in [0.717, 1.165) is 5.56 Å². The number of aliphatic hydroxyl groups is 1. The third-order valence-electron chi connectivity index (χ3n) is 2.79. The van der Waals surface area contributed by atoms with Crippen LogP contribution in [0.2, 0.25) is 0 Å². The van der Waals surface area contributed by atoms with Gasteiger partial charge in [-0.3, -0.25) is 0 Å². The second kappa shape index (κ2) is 6.63. The molecule has 0 fully saturated rings. The third-order valence-corrected chi connectivity index (χ3v) is 2.79. The standard InChI is InChI=1S/C13H21NO2/c1-10(14)13(7-8-15)12-5-3-11(4-6-12)9-16-2/h3-6,10,13,15H,7-9,14H2,1-2H3. The first kappa shape index (κ1) is 13.2. The molecule has 3 nitrogen and oxygen atoms in total. The van der Waals surface area contributed by atoms with Crippen LogP contribution in [-0.2, 0) is 11.3 Å². The fourth-order valence-corrected chi connectivity index (χ4v) is 1.90. The molecule has 3 N–H and O–H groups in total. The molecule has 3 heteroatoms. The first-order valence-electron chi connectivity index (χ1n) is 5.63. The summed E-state index contributed by atoms with van der Waals surface area (Å²) in [4.78, 5) is 0. The van der Waals surface area contributed by atoms with Crippen LogP contribution in [0, 0.1) is 0 Å². The van der Waals surface area contributed by atoms with Crippen molar-refractivity contribution in [1.82, 2.24) is 0 Å². The van der Waals surface area contributed by atoms with Crippen LogP contribution < -0.4 is 5.73 Å². The smallest absolute Gasteiger partial charge is 0.0713 e. The fraction of sp³-hybridized carbons (Fsp3) is 0.538. The third kappa shape index (κ3) is 3.59. The van der Waals surface area contributed by atoms with Gasteiger partial charge in [-0.05, 0) is 24.5 Å². The zero-order valence-electron chi connectivity index (χ0n) is 10.0. The predicted molar refractivity (Wildman–Crippen MR) is 65.2 cm³/mol. The minimum atomic E-state index is 0.0559. The summed E-state index contributed by atoms with van der Waals surface area (Å²) in [6, 6.07) is 8.29. The first-order chi connectivity index (χ1) is 7.69. The molecule has 0 aliphatic heterocycles. The summed E-state index contributed by atoms with van der Waals surface area (Å²) in [7, 11) is 1.68. The Morgan fingerprint density at radius 3 is 2.38 bits per heavy atom. The van der Waals surface area contributed by atoms with E-state index in [-0.39, 0.29) is 18.6 Å². The highest BCUT2D eigenvalue weighted by atomic mass is 16.5. The topological polar surface area (TPSA) is 55.5 Å². The van der Waals surface area contributed by atoms with Gasteiger partial charge in [0.05, 0.1) is 6.61 Å². The molecular formula is C13H21NO2. The number of nitrogens with two attached hydrogens (primary N) is 1. The van der Waals surface area contributed by atoms with Crippen molar-refractivity contribution in [2.24, 2.45) is 5.73 Å². The Morgan fingerprint density at radius 2 is 1.94 bits per heavy atom. The number of methoxy groups -OCH3 is 1. The highest BCUT2D eigenvalue weighted by molar-refractivity contribution is 5.26. The van der Waals surface area contributed by atoms with Gasteiger partial charge < -0.3 is 15.6 Å². The molecule has 0 aliphatic rings. The molecule has 16 heavy (non-hydrogen) atoms. The van der Waals surface area contributed by atoms with Gasteiger partial charge in [-0.15, -0.1) is 0 Å². The van der Waals surface area contributed by atoms with Gasteiger partial charge in [-0.2, -0.15) is 0 Å². The molecule has 1 aromatic carbocycles. The van der Waals surface area contributed by atoms with E-state index in [9.17, 15) is 0 Å². The van der Waals surface area contributed by atoms with Gasteiger partial charge >= 0.3 is 0 Å². The molecule has 90 valence electrons. The highest BCUT2D eigenvalue weighted by Crippen LogP contribution is 2.22. The maximum atomic E-state index is 9.01. The Labute approximate surface area is 97.2 Å². The summed E-state index contributed by atoms with van der Waals surface area (Å²) in [5.74, 6) is 0.224. The molecule has 2 atom stereocenters. The Morgan fingerprint density at radius 1 is 1.31 bits per heavy atom. The minimum Gasteiger partial charge on any atom is -0.396 e. The molecule has 0 saturated heterocycles. The zero-order chi connectivity index (χ0) is 12.0. The molecule has 0 aliphatic carbocycles. The number of aliphatic hydroxyl groups excluding tert-OH is 1. The van der Waals surface area contributed by atoms with Crippen molar-refractivity contribution < 1.29 is 9.84 Å². The van der Waals surface area contributed by atoms with Gasteiger partial charge in [0.15, 0.2) is 0 Å². The van der Waals surface area contributed by atoms with Crippen LogP contribution in [0.25, 0.3) is 0 Å². The summed E-state index contributed by atoms with van der Waals surface area (Å²) >= 11 is 0. The van der Waals surface area contributed by atoms with Gasteiger partial charge in [0.2, 0.25) is 0 Å². The van der Waals surface area contributed by atoms with Crippen LogP contribution in [-0.4, -0.2) is 24.9 Å². The highest BCUT2D eigenvalue weighted by Gasteiger charge is 2.15. The van der Waals surface area contributed by atoms with Crippen LogP contribution in [0.1, 0.15) is 30.4 Å². The Bertz CT molecular complexity index is 295. The van der Waals surface area contributed by atoms with Crippen molar-refractivity contribution in [3.05, 3.63) is 35.4 Å². The lowest BCUT2D eigenvalue weighted by Crippen LogP contribution is -2.25. The van der Waals surface area contributed by atoms with Crippen LogP contribution in [0.4, 0.5) is 0 Å². The number of ether oxygens (including phenoxy) is 1. The SMILES string of the molecule is COCc1ccc(C(CCO)C(C)N)cc1. The summed E-state index contributed by atoms with van der Waals surface area (Å²) in [5.41, 5.74) is 8.25. The monoisotopic (exact) mass is 223 g/mol. The van der Waals surface area contributed by atoms with E-state index in [4.69, 9.17) is 15.6 Å². The first-order valence-corrected chi connectivity index (χ1v) is 5.63. The van der Waals surface area contributed by atoms with Crippen molar-refractivity contribution in [1.29, 1.82) is 0 Å². The van der Waals surface area contributed by atoms with Crippen molar-refractivity contribution in [3.8, 4) is 0 Å². The van der Waals surface area contributed by atoms with Gasteiger partial charge in [-0.1, -0.05) is 24.3 Å². The average Bonchev–Trinajstić information content (AvgIpc) is 2.27. The van der Waals surface area contributed by atoms with E-state index in [1.807, 2.05) is 19.1 Å². The van der Waals surface area contributed by atoms with E-state index in [1.54, 1.807) is 7.11 Å². The van der Waals surface area contributed by atoms with E-state index < -0.39 is 0 Å². The molecule has 0 bridgehead atoms. The van der Waals surface area contributed by atoms with Gasteiger partial charge in [0.1, 0.15) is 0 Å². The Balaban J connectivity index is 2.77. The summed E-state index contributed by atoms with van der Waals surface area (Å²) in [6.07, 6.45) is 0.710. The van der Waals surface area contributed by atoms with Crippen LogP contribution in [0.3, 0.4) is 0 Å². The van der Waals surface area contributed by atoms with Gasteiger partial charge in [0, 0.05) is 25.7 Å². The van der Waals surface area contributed by atoms with E-state index in [0.29, 0.717) is 13.0 Å². The van der Waals surface area contributed by atoms with Crippen LogP contribution in [0.15, 0.2) is 24.3 Å². The molecule has 2 unspecified atom stereocenters. The molecule has 0 aromatic heterocycles. The average molecular weight is 223 g/mol. The number of hydrogen-bond donors (Lipinski definition) is 2. The maximum Gasteiger partial charge on any atom is 0.0713 e. The van der Waals surface area contributed by atoms with E-state index >= 15 is 0 Å². The van der Waals surface area contributed by atoms with Crippen molar-refractivity contribution in [2.45, 2.75) is 31.9 Å². The quantitative estimate of drug-likeness (QED) is 0.771. The number of rotatable bonds is 6. The van der Waals surface area contributed by atoms with Crippen LogP contribution in [0.5, 0.6) is 0 Å². The van der Waals surface area contributed by atoms with Gasteiger partial charge in [-0.25, -0.2) is 0 Å². The van der Waals surface area contributed by atoms with Crippen molar-refractivity contribution >= 4 is 0 Å². The van der Waals surface area contributed by atoms with Crippen molar-refractivity contribution in [3.63, 3.8) is 0 Å². The summed E-state index contributed by atoms with van der Waals surface area (Å²) in [6.45, 7) is 2.78. The summed E-state index contributed by atoms with van der Waals surface area (Å²) < 4.78 is 5.06. The lowest BCUT2D eigenvalue weighted by molar-refractivity contribution is 0.185. The maximum absolute atomic E-state index is 9.01. The van der Waals surface area contributed by atoms with Crippen molar-refractivity contribution in [2.75, 3.05) is 13.7 Å². The normalized spacial score (nSPS) is 14.8. The fourth-order valence-electron chi connectivity index (χ4n) is 1.90. The van der Waals surface area contributed by atoms with E-state index in [1.165, 1.54) is 5.56 Å². The molecule has 1 aromatic rings.